The van der Waals surface area contributed by atoms with Crippen molar-refractivity contribution >= 4 is 16.9 Å². The van der Waals surface area contributed by atoms with Crippen molar-refractivity contribution in [2.45, 2.75) is 13.0 Å². The van der Waals surface area contributed by atoms with Gasteiger partial charge in [0.15, 0.2) is 11.5 Å². The van der Waals surface area contributed by atoms with Gasteiger partial charge in [0.2, 0.25) is 0 Å². The predicted molar refractivity (Wildman–Crippen MR) is 125 cm³/mol. The van der Waals surface area contributed by atoms with E-state index in [2.05, 4.69) is 0 Å². The molecule has 0 unspecified atom stereocenters. The monoisotopic (exact) mass is 444 g/mol. The molecule has 0 saturated heterocycles. The van der Waals surface area contributed by atoms with Gasteiger partial charge in [0.1, 0.15) is 12.4 Å². The number of methoxy groups -OCH3 is 2. The van der Waals surface area contributed by atoms with E-state index in [4.69, 9.17) is 19.2 Å². The highest BCUT2D eigenvalue weighted by Crippen LogP contribution is 2.28. The Hall–Kier alpha value is -4.13. The van der Waals surface area contributed by atoms with Crippen molar-refractivity contribution in [2.24, 2.45) is 0 Å². The molecule has 0 N–H and O–H groups in total. The Bertz CT molecular complexity index is 1330. The third-order valence-electron chi connectivity index (χ3n) is 5.31. The fourth-order valence-electron chi connectivity index (χ4n) is 3.64. The number of hydrogen-bond donors (Lipinski definition) is 0. The summed E-state index contributed by atoms with van der Waals surface area (Å²) in [7, 11) is 3.16. The molecule has 33 heavy (non-hydrogen) atoms. The van der Waals surface area contributed by atoms with E-state index < -0.39 is 5.97 Å². The Morgan fingerprint density at radius 2 is 1.64 bits per heavy atom. The molecule has 0 amide bonds. The Morgan fingerprint density at radius 1 is 0.909 bits per heavy atom. The number of para-hydroxylation sites is 1. The van der Waals surface area contributed by atoms with E-state index in [9.17, 15) is 9.59 Å². The van der Waals surface area contributed by atoms with Gasteiger partial charge in [-0.1, -0.05) is 36.4 Å². The van der Waals surface area contributed by atoms with Gasteiger partial charge in [-0.2, -0.15) is 0 Å². The lowest BCUT2D eigenvalue weighted by molar-refractivity contribution is 0.0489. The number of aromatic nitrogens is 2. The van der Waals surface area contributed by atoms with Crippen molar-refractivity contribution in [2.75, 3.05) is 20.8 Å². The number of nitrogens with zero attached hydrogens (tertiary/aromatic N) is 2. The van der Waals surface area contributed by atoms with Crippen LogP contribution in [0.4, 0.5) is 0 Å². The summed E-state index contributed by atoms with van der Waals surface area (Å²) in [4.78, 5) is 30.3. The van der Waals surface area contributed by atoms with E-state index >= 15 is 0 Å². The van der Waals surface area contributed by atoms with Gasteiger partial charge in [-0.15, -0.1) is 0 Å². The van der Waals surface area contributed by atoms with Crippen molar-refractivity contribution in [1.29, 1.82) is 0 Å². The average Bonchev–Trinajstić information content (AvgIpc) is 2.86. The zero-order valence-electron chi connectivity index (χ0n) is 18.5. The maximum Gasteiger partial charge on any atom is 0.338 e. The minimum Gasteiger partial charge on any atom is -0.493 e. The fraction of sp³-hybridized carbons (Fsp3) is 0.192. The quantitative estimate of drug-likeness (QED) is 0.384. The van der Waals surface area contributed by atoms with Crippen LogP contribution in [-0.2, 0) is 17.7 Å². The first-order valence-electron chi connectivity index (χ1n) is 10.5. The first kappa shape index (κ1) is 22.1. The molecule has 0 aliphatic rings. The molecule has 1 heterocycles. The predicted octanol–water partition coefficient (Wildman–Crippen LogP) is 3.86. The van der Waals surface area contributed by atoms with Crippen LogP contribution in [0.25, 0.3) is 10.9 Å². The summed E-state index contributed by atoms with van der Waals surface area (Å²) in [6.07, 6.45) is 0.396. The van der Waals surface area contributed by atoms with Gasteiger partial charge in [-0.3, -0.25) is 9.36 Å². The highest BCUT2D eigenvalue weighted by molar-refractivity contribution is 5.89. The normalized spacial score (nSPS) is 10.7. The van der Waals surface area contributed by atoms with Crippen LogP contribution in [0, 0.1) is 0 Å². The number of ether oxygens (including phenoxy) is 3. The molecule has 1 aromatic heterocycles. The van der Waals surface area contributed by atoms with Gasteiger partial charge < -0.3 is 14.2 Å². The zero-order valence-corrected chi connectivity index (χ0v) is 18.5. The molecule has 3 aromatic carbocycles. The van der Waals surface area contributed by atoms with Gasteiger partial charge in [0.25, 0.3) is 5.56 Å². The lowest BCUT2D eigenvalue weighted by atomic mass is 10.1. The first-order valence-corrected chi connectivity index (χ1v) is 10.5. The second-order valence-electron chi connectivity index (χ2n) is 7.37. The van der Waals surface area contributed by atoms with Gasteiger partial charge in [0, 0.05) is 6.42 Å². The van der Waals surface area contributed by atoms with Gasteiger partial charge in [-0.25, -0.2) is 9.78 Å². The summed E-state index contributed by atoms with van der Waals surface area (Å²) in [5.41, 5.74) is 1.82. The average molecular weight is 444 g/mol. The molecule has 0 atom stereocenters. The lowest BCUT2D eigenvalue weighted by Crippen LogP contribution is -2.28. The largest absolute Gasteiger partial charge is 0.493 e. The summed E-state index contributed by atoms with van der Waals surface area (Å²) in [6, 6.07) is 21.6. The molecular weight excluding hydrogens is 420 g/mol. The van der Waals surface area contributed by atoms with Crippen molar-refractivity contribution in [3.63, 3.8) is 0 Å². The molecule has 0 spiro atoms. The van der Waals surface area contributed by atoms with Crippen molar-refractivity contribution in [3.8, 4) is 11.5 Å². The van der Waals surface area contributed by atoms with Crippen molar-refractivity contribution in [1.82, 2.24) is 9.55 Å². The smallest absolute Gasteiger partial charge is 0.338 e. The van der Waals surface area contributed by atoms with Crippen LogP contribution < -0.4 is 15.0 Å². The molecule has 0 saturated carbocycles. The van der Waals surface area contributed by atoms with E-state index in [0.717, 1.165) is 5.56 Å². The van der Waals surface area contributed by atoms with Crippen LogP contribution in [0.5, 0.6) is 11.5 Å². The van der Waals surface area contributed by atoms with E-state index in [1.807, 2.05) is 36.4 Å². The van der Waals surface area contributed by atoms with Crippen LogP contribution in [0.15, 0.2) is 77.6 Å². The highest BCUT2D eigenvalue weighted by atomic mass is 16.5. The molecule has 0 bridgehead atoms. The summed E-state index contributed by atoms with van der Waals surface area (Å²) >= 11 is 0. The molecule has 7 heteroatoms. The summed E-state index contributed by atoms with van der Waals surface area (Å²) < 4.78 is 17.7. The molecular formula is C26H24N2O5. The molecule has 0 aliphatic carbocycles. The van der Waals surface area contributed by atoms with Gasteiger partial charge >= 0.3 is 5.97 Å². The minimum atomic E-state index is -0.432. The van der Waals surface area contributed by atoms with E-state index in [1.165, 1.54) is 0 Å². The number of fused-ring (bicyclic) bond motifs is 1. The summed E-state index contributed by atoms with van der Waals surface area (Å²) in [6.45, 7) is 0.241. The third kappa shape index (κ3) is 4.87. The Kier molecular flexibility index (Phi) is 6.69. The Labute approximate surface area is 191 Å². The van der Waals surface area contributed by atoms with Gasteiger partial charge in [-0.05, 0) is 42.0 Å². The van der Waals surface area contributed by atoms with Crippen LogP contribution in [0.3, 0.4) is 0 Å². The summed E-state index contributed by atoms with van der Waals surface area (Å²) in [5, 5.41) is 0.517. The molecule has 0 aliphatic heterocycles. The maximum atomic E-state index is 13.2. The van der Waals surface area contributed by atoms with E-state index in [-0.39, 0.29) is 18.7 Å². The number of hydrogen-bond acceptors (Lipinski definition) is 6. The van der Waals surface area contributed by atoms with E-state index in [1.54, 1.807) is 55.2 Å². The van der Waals surface area contributed by atoms with E-state index in [0.29, 0.717) is 40.2 Å². The molecule has 4 rings (SSSR count). The fourth-order valence-corrected chi connectivity index (χ4v) is 3.64. The zero-order chi connectivity index (χ0) is 23.2. The maximum absolute atomic E-state index is 13.2. The lowest BCUT2D eigenvalue weighted by Gasteiger charge is -2.15. The number of carbonyl (C=O) groups is 1. The van der Waals surface area contributed by atoms with Crippen molar-refractivity contribution in [3.05, 3.63) is 100 Å². The number of rotatable bonds is 8. The van der Waals surface area contributed by atoms with Crippen LogP contribution in [-0.4, -0.2) is 36.3 Å². The molecule has 0 fully saturated rings. The van der Waals surface area contributed by atoms with Crippen molar-refractivity contribution < 1.29 is 19.0 Å². The third-order valence-corrected chi connectivity index (χ3v) is 5.31. The minimum absolute atomic E-state index is 0.0482. The van der Waals surface area contributed by atoms with Crippen LogP contribution in [0.2, 0.25) is 0 Å². The summed E-state index contributed by atoms with van der Waals surface area (Å²) in [5.74, 6) is 1.36. The Balaban J connectivity index is 1.63. The molecule has 7 nitrogen and oxygen atoms in total. The second kappa shape index (κ2) is 9.99. The Morgan fingerprint density at radius 3 is 2.39 bits per heavy atom. The topological polar surface area (TPSA) is 79.6 Å². The highest BCUT2D eigenvalue weighted by Gasteiger charge is 2.14. The molecule has 0 radical (unpaired) electrons. The van der Waals surface area contributed by atoms with Crippen LogP contribution >= 0.6 is 0 Å². The number of carbonyl (C=O) groups excluding carboxylic acids is 1. The number of benzene rings is 3. The SMILES string of the molecule is COc1ccc(Cc2nc3ccccc3c(=O)n2CCOC(=O)c2ccccc2)cc1OC. The standard InChI is InChI=1S/C26H24N2O5/c1-31-22-13-12-18(16-23(22)32-2)17-24-27-21-11-7-6-10-20(21)25(29)28(24)14-15-33-26(30)19-8-4-3-5-9-19/h3-13,16H,14-15,17H2,1-2H3. The van der Waals surface area contributed by atoms with Gasteiger partial charge in [0.05, 0.1) is 37.2 Å². The second-order valence-corrected chi connectivity index (χ2v) is 7.37. The molecule has 168 valence electrons. The molecule has 4 aromatic rings. The number of esters is 1. The first-order chi connectivity index (χ1) is 16.1. The van der Waals surface area contributed by atoms with Crippen LogP contribution in [0.1, 0.15) is 21.7 Å².